The van der Waals surface area contributed by atoms with Crippen LogP contribution in [0.15, 0.2) is 53.0 Å². The van der Waals surface area contributed by atoms with Crippen molar-refractivity contribution in [1.82, 2.24) is 10.4 Å². The molecule has 0 saturated heterocycles. The Balaban J connectivity index is 1.50. The first-order valence-electron chi connectivity index (χ1n) is 11.9. The minimum Gasteiger partial charge on any atom is -0.399 e. The minimum absolute atomic E-state index is 0.104. The second kappa shape index (κ2) is 10.7. The van der Waals surface area contributed by atoms with Crippen molar-refractivity contribution in [2.24, 2.45) is 16.5 Å². The van der Waals surface area contributed by atoms with Gasteiger partial charge in [0.05, 0.1) is 5.69 Å². The predicted molar refractivity (Wildman–Crippen MR) is 136 cm³/mol. The lowest BCUT2D eigenvalue weighted by molar-refractivity contribution is -0.187. The van der Waals surface area contributed by atoms with E-state index in [2.05, 4.69) is 10.3 Å². The minimum atomic E-state index is -0.267. The topological polar surface area (TPSA) is 149 Å². The van der Waals surface area contributed by atoms with Crippen LogP contribution in [0.4, 0.5) is 11.4 Å². The van der Waals surface area contributed by atoms with Gasteiger partial charge < -0.3 is 22.5 Å². The number of aliphatic imine (C=N–C) groups is 1. The van der Waals surface area contributed by atoms with Crippen LogP contribution in [0.5, 0.6) is 0 Å². The van der Waals surface area contributed by atoms with Gasteiger partial charge in [-0.3, -0.25) is 14.4 Å². The molecule has 9 heteroatoms. The number of nitrogens with two attached hydrogens (primary N) is 3. The molecule has 0 spiro atoms. The fourth-order valence-corrected chi connectivity index (χ4v) is 4.07. The molecule has 2 aromatic carbocycles. The number of hydrogen-bond donors (Lipinski definition) is 4. The van der Waals surface area contributed by atoms with Crippen LogP contribution in [0.3, 0.4) is 0 Å². The average Bonchev–Trinajstić information content (AvgIpc) is 2.98. The summed E-state index contributed by atoms with van der Waals surface area (Å²) in [5, 5.41) is 4.35. The molecule has 0 unspecified atom stereocenters. The molecule has 9 nitrogen and oxygen atoms in total. The van der Waals surface area contributed by atoms with Crippen molar-refractivity contribution in [2.75, 3.05) is 12.3 Å². The van der Waals surface area contributed by atoms with Crippen molar-refractivity contribution in [3.8, 4) is 0 Å². The zero-order valence-electron chi connectivity index (χ0n) is 19.9. The summed E-state index contributed by atoms with van der Waals surface area (Å²) in [6, 6.07) is 12.8. The number of nitrogens with one attached hydrogen (secondary N) is 1. The standard InChI is InChI=1S/C26H32N6O3/c1-2-9-32(35-15-16-3-7-20(27)8-4-16)26(34)19-10-17-5-6-18(11-23(17)31-24(29)12-19)25(33)30-22-13-21(28)14-22/h3-8,10-11,21-22H,2,9,12-15,27-28H2,1H3,(H2,29,31)(H,30,33)/t21-,22+. The first-order chi connectivity index (χ1) is 16.8. The van der Waals surface area contributed by atoms with Gasteiger partial charge >= 0.3 is 0 Å². The molecule has 4 rings (SSSR count). The molecule has 2 aromatic rings. The molecule has 35 heavy (non-hydrogen) atoms. The van der Waals surface area contributed by atoms with Gasteiger partial charge in [-0.15, -0.1) is 0 Å². The Labute approximate surface area is 205 Å². The van der Waals surface area contributed by atoms with Crippen molar-refractivity contribution in [2.45, 2.75) is 51.3 Å². The predicted octanol–water partition coefficient (Wildman–Crippen LogP) is 2.63. The van der Waals surface area contributed by atoms with Gasteiger partial charge in [-0.05, 0) is 55.2 Å². The van der Waals surface area contributed by atoms with Gasteiger partial charge in [0.15, 0.2) is 0 Å². The van der Waals surface area contributed by atoms with E-state index in [0.717, 1.165) is 24.8 Å². The first kappa shape index (κ1) is 24.4. The largest absolute Gasteiger partial charge is 0.399 e. The Kier molecular flexibility index (Phi) is 7.48. The Hall–Kier alpha value is -3.69. The van der Waals surface area contributed by atoms with Crippen LogP contribution in [-0.4, -0.2) is 41.3 Å². The average molecular weight is 477 g/mol. The molecule has 0 radical (unpaired) electrons. The number of rotatable bonds is 8. The zero-order chi connectivity index (χ0) is 24.9. The third kappa shape index (κ3) is 6.06. The molecule has 2 amide bonds. The van der Waals surface area contributed by atoms with E-state index in [4.69, 9.17) is 22.0 Å². The maximum absolute atomic E-state index is 13.4. The lowest BCUT2D eigenvalue weighted by atomic mass is 9.87. The van der Waals surface area contributed by atoms with Gasteiger partial charge in [0.25, 0.3) is 11.8 Å². The quantitative estimate of drug-likeness (QED) is 0.340. The van der Waals surface area contributed by atoms with Gasteiger partial charge in [-0.1, -0.05) is 25.1 Å². The number of anilines is 1. The number of amidine groups is 1. The first-order valence-corrected chi connectivity index (χ1v) is 11.9. The molecule has 1 saturated carbocycles. The number of nitrogen functional groups attached to an aromatic ring is 1. The molecule has 1 heterocycles. The highest BCUT2D eigenvalue weighted by Crippen LogP contribution is 2.29. The summed E-state index contributed by atoms with van der Waals surface area (Å²) in [5.74, 6) is -0.148. The molecular weight excluding hydrogens is 444 g/mol. The molecule has 0 bridgehead atoms. The Morgan fingerprint density at radius 1 is 1.14 bits per heavy atom. The molecule has 0 aromatic heterocycles. The number of amides is 2. The Morgan fingerprint density at radius 2 is 1.89 bits per heavy atom. The number of fused-ring (bicyclic) bond motifs is 1. The summed E-state index contributed by atoms with van der Waals surface area (Å²) < 4.78 is 0. The summed E-state index contributed by atoms with van der Waals surface area (Å²) in [6.45, 7) is 2.64. The van der Waals surface area contributed by atoms with Crippen molar-refractivity contribution in [1.29, 1.82) is 0 Å². The monoisotopic (exact) mass is 476 g/mol. The number of carbonyl (C=O) groups is 2. The molecule has 1 aliphatic carbocycles. The highest BCUT2D eigenvalue weighted by atomic mass is 16.7. The maximum atomic E-state index is 13.4. The van der Waals surface area contributed by atoms with E-state index in [1.54, 1.807) is 36.4 Å². The lowest BCUT2D eigenvalue weighted by Gasteiger charge is -2.32. The normalized spacial score (nSPS) is 18.9. The number of hydrogen-bond acceptors (Lipinski definition) is 7. The summed E-state index contributed by atoms with van der Waals surface area (Å²) in [7, 11) is 0. The van der Waals surface area contributed by atoms with Crippen molar-refractivity contribution in [3.63, 3.8) is 0 Å². The van der Waals surface area contributed by atoms with Gasteiger partial charge in [0, 0.05) is 47.4 Å². The summed E-state index contributed by atoms with van der Waals surface area (Å²) >= 11 is 0. The van der Waals surface area contributed by atoms with E-state index in [-0.39, 0.29) is 36.9 Å². The maximum Gasteiger partial charge on any atom is 0.273 e. The van der Waals surface area contributed by atoms with Crippen molar-refractivity contribution < 1.29 is 14.4 Å². The van der Waals surface area contributed by atoms with Crippen LogP contribution in [0, 0.1) is 0 Å². The van der Waals surface area contributed by atoms with Gasteiger partial charge in [-0.25, -0.2) is 10.1 Å². The molecule has 1 aliphatic heterocycles. The highest BCUT2D eigenvalue weighted by Gasteiger charge is 2.28. The fourth-order valence-electron chi connectivity index (χ4n) is 4.07. The van der Waals surface area contributed by atoms with Crippen molar-refractivity contribution >= 4 is 35.1 Å². The van der Waals surface area contributed by atoms with E-state index < -0.39 is 0 Å². The van der Waals surface area contributed by atoms with E-state index in [1.807, 2.05) is 19.1 Å². The summed E-state index contributed by atoms with van der Waals surface area (Å²) in [6.07, 6.45) is 4.24. The van der Waals surface area contributed by atoms with E-state index in [9.17, 15) is 9.59 Å². The van der Waals surface area contributed by atoms with Crippen LogP contribution < -0.4 is 22.5 Å². The number of nitrogens with zero attached hydrogens (tertiary/aromatic N) is 2. The van der Waals surface area contributed by atoms with Crippen LogP contribution >= 0.6 is 0 Å². The molecule has 184 valence electrons. The second-order valence-corrected chi connectivity index (χ2v) is 9.05. The fraction of sp³-hybridized carbons (Fsp3) is 0.346. The zero-order valence-corrected chi connectivity index (χ0v) is 19.9. The third-order valence-corrected chi connectivity index (χ3v) is 6.06. The number of hydroxylamine groups is 2. The van der Waals surface area contributed by atoms with Gasteiger partial charge in [0.2, 0.25) is 0 Å². The van der Waals surface area contributed by atoms with Crippen LogP contribution in [0.2, 0.25) is 0 Å². The Morgan fingerprint density at radius 3 is 2.57 bits per heavy atom. The lowest BCUT2D eigenvalue weighted by Crippen LogP contribution is -2.50. The van der Waals surface area contributed by atoms with Gasteiger partial charge in [-0.2, -0.15) is 0 Å². The van der Waals surface area contributed by atoms with Crippen LogP contribution in [0.25, 0.3) is 6.08 Å². The van der Waals surface area contributed by atoms with Gasteiger partial charge in [0.1, 0.15) is 12.4 Å². The van der Waals surface area contributed by atoms with Crippen molar-refractivity contribution in [3.05, 3.63) is 64.7 Å². The second-order valence-electron chi connectivity index (χ2n) is 9.05. The molecular formula is C26H32N6O3. The SMILES string of the molecule is CCCN(OCc1ccc(N)cc1)C(=O)C1=Cc2ccc(C(=O)N[C@H]3C[C@@H](N)C3)cc2N=C(N)C1. The van der Waals surface area contributed by atoms with E-state index in [0.29, 0.717) is 40.5 Å². The number of carbonyl (C=O) groups excluding carboxylic acids is 2. The van der Waals surface area contributed by atoms with E-state index in [1.165, 1.54) is 5.06 Å². The summed E-state index contributed by atoms with van der Waals surface area (Å²) in [5.41, 5.74) is 21.5. The Bertz CT molecular complexity index is 1150. The van der Waals surface area contributed by atoms with Crippen LogP contribution in [-0.2, 0) is 16.2 Å². The highest BCUT2D eigenvalue weighted by molar-refractivity contribution is 6.05. The third-order valence-electron chi connectivity index (χ3n) is 6.06. The molecule has 0 atom stereocenters. The van der Waals surface area contributed by atoms with Crippen LogP contribution in [0.1, 0.15) is 54.1 Å². The molecule has 1 fully saturated rings. The summed E-state index contributed by atoms with van der Waals surface area (Å²) in [4.78, 5) is 36.3. The number of benzene rings is 2. The van der Waals surface area contributed by atoms with E-state index >= 15 is 0 Å². The smallest absolute Gasteiger partial charge is 0.273 e. The molecule has 2 aliphatic rings. The molecule has 7 N–H and O–H groups in total.